The summed E-state index contributed by atoms with van der Waals surface area (Å²) in [6, 6.07) is 13.0. The number of hydrogen-bond acceptors (Lipinski definition) is 6. The number of hydrogen-bond donors (Lipinski definition) is 1. The number of carbonyl (C=O) groups excluding carboxylic acids is 1. The lowest BCUT2D eigenvalue weighted by atomic mass is 10.1. The highest BCUT2D eigenvalue weighted by Gasteiger charge is 2.13. The zero-order chi connectivity index (χ0) is 25.4. The molecule has 6 nitrogen and oxygen atoms in total. The Morgan fingerprint density at radius 2 is 1.57 bits per heavy atom. The van der Waals surface area contributed by atoms with Gasteiger partial charge in [0.15, 0.2) is 28.8 Å². The minimum absolute atomic E-state index is 0.0620. The second-order valence-electron chi connectivity index (χ2n) is 7.22. The SMILES string of the molecule is COc1cc(N/C=C\C(=O)c2cccc(Cl)c2)c(/C=C\c2cc(OC)c(OC)c(OC)c2)cc1F. The molecule has 0 unspecified atom stereocenters. The summed E-state index contributed by atoms with van der Waals surface area (Å²) in [6.07, 6.45) is 6.34. The van der Waals surface area contributed by atoms with Crippen molar-refractivity contribution >= 4 is 35.2 Å². The van der Waals surface area contributed by atoms with Crippen molar-refractivity contribution < 1.29 is 28.1 Å². The molecule has 0 radical (unpaired) electrons. The van der Waals surface area contributed by atoms with Crippen LogP contribution in [0.25, 0.3) is 12.2 Å². The maximum absolute atomic E-state index is 14.5. The van der Waals surface area contributed by atoms with Crippen LogP contribution in [-0.4, -0.2) is 34.2 Å². The average Bonchev–Trinajstić information content (AvgIpc) is 2.87. The fourth-order valence-corrected chi connectivity index (χ4v) is 3.51. The van der Waals surface area contributed by atoms with Crippen molar-refractivity contribution in [2.45, 2.75) is 0 Å². The van der Waals surface area contributed by atoms with Crippen LogP contribution in [0.3, 0.4) is 0 Å². The van der Waals surface area contributed by atoms with Gasteiger partial charge in [-0.3, -0.25) is 4.79 Å². The van der Waals surface area contributed by atoms with E-state index in [1.165, 1.54) is 52.8 Å². The normalized spacial score (nSPS) is 11.0. The molecule has 3 rings (SSSR count). The van der Waals surface area contributed by atoms with E-state index in [2.05, 4.69) is 5.32 Å². The minimum atomic E-state index is -0.526. The highest BCUT2D eigenvalue weighted by Crippen LogP contribution is 2.39. The quantitative estimate of drug-likeness (QED) is 0.196. The van der Waals surface area contributed by atoms with Crippen LogP contribution in [-0.2, 0) is 0 Å². The molecule has 0 aromatic heterocycles. The van der Waals surface area contributed by atoms with Gasteiger partial charge in [0.2, 0.25) is 5.75 Å². The highest BCUT2D eigenvalue weighted by atomic mass is 35.5. The maximum atomic E-state index is 14.5. The van der Waals surface area contributed by atoms with Crippen molar-refractivity contribution in [1.82, 2.24) is 0 Å². The molecular formula is C27H25ClFNO5. The number of allylic oxidation sites excluding steroid dienone is 1. The molecular weight excluding hydrogens is 473 g/mol. The lowest BCUT2D eigenvalue weighted by Crippen LogP contribution is -1.99. The highest BCUT2D eigenvalue weighted by molar-refractivity contribution is 6.31. The average molecular weight is 498 g/mol. The van der Waals surface area contributed by atoms with Crippen LogP contribution in [0.4, 0.5) is 10.1 Å². The van der Waals surface area contributed by atoms with Crippen molar-refractivity contribution in [3.05, 3.63) is 88.3 Å². The summed E-state index contributed by atoms with van der Waals surface area (Å²) in [5.74, 6) is 0.762. The molecule has 182 valence electrons. The molecule has 0 aliphatic carbocycles. The first-order chi connectivity index (χ1) is 16.9. The van der Waals surface area contributed by atoms with Gasteiger partial charge in [-0.1, -0.05) is 35.9 Å². The van der Waals surface area contributed by atoms with Crippen LogP contribution >= 0.6 is 11.6 Å². The Hall–Kier alpha value is -3.97. The fourth-order valence-electron chi connectivity index (χ4n) is 3.32. The Kier molecular flexibility index (Phi) is 8.75. The second-order valence-corrected chi connectivity index (χ2v) is 7.65. The number of benzene rings is 3. The zero-order valence-electron chi connectivity index (χ0n) is 19.7. The standard InChI is InChI=1S/C27H25ClFNO5/c1-32-24-16-22(30-11-10-23(31)19-6-5-7-20(28)14-19)18(15-21(24)29)9-8-17-12-25(33-2)27(35-4)26(13-17)34-3/h5-16,30H,1-4H3/b9-8-,11-10-. The van der Waals surface area contributed by atoms with Crippen LogP contribution in [0.5, 0.6) is 23.0 Å². The molecule has 35 heavy (non-hydrogen) atoms. The predicted octanol–water partition coefficient (Wildman–Crippen LogP) is 6.49. The molecule has 0 bridgehead atoms. The number of carbonyl (C=O) groups is 1. The molecule has 0 aliphatic rings. The third-order valence-corrected chi connectivity index (χ3v) is 5.28. The molecule has 0 saturated heterocycles. The Morgan fingerprint density at radius 1 is 0.886 bits per heavy atom. The number of anilines is 1. The van der Waals surface area contributed by atoms with Crippen molar-refractivity contribution in [2.75, 3.05) is 33.8 Å². The van der Waals surface area contributed by atoms with Gasteiger partial charge in [0.25, 0.3) is 0 Å². The monoisotopic (exact) mass is 497 g/mol. The van der Waals surface area contributed by atoms with E-state index < -0.39 is 5.82 Å². The van der Waals surface area contributed by atoms with Gasteiger partial charge < -0.3 is 24.3 Å². The number of rotatable bonds is 10. The van der Waals surface area contributed by atoms with E-state index in [0.29, 0.717) is 39.1 Å². The van der Waals surface area contributed by atoms with E-state index in [-0.39, 0.29) is 11.5 Å². The van der Waals surface area contributed by atoms with E-state index in [4.69, 9.17) is 30.5 Å². The molecule has 0 amide bonds. The van der Waals surface area contributed by atoms with Gasteiger partial charge in [0.05, 0.1) is 28.4 Å². The van der Waals surface area contributed by atoms with E-state index >= 15 is 0 Å². The largest absolute Gasteiger partial charge is 0.494 e. The molecule has 0 saturated carbocycles. The van der Waals surface area contributed by atoms with Gasteiger partial charge in [-0.2, -0.15) is 0 Å². The third kappa shape index (κ3) is 6.33. The molecule has 3 aromatic carbocycles. The van der Waals surface area contributed by atoms with Crippen molar-refractivity contribution in [3.8, 4) is 23.0 Å². The Balaban J connectivity index is 1.91. The molecule has 8 heteroatoms. The first kappa shape index (κ1) is 25.6. The van der Waals surface area contributed by atoms with Crippen molar-refractivity contribution in [3.63, 3.8) is 0 Å². The van der Waals surface area contributed by atoms with Gasteiger partial charge in [-0.05, 0) is 35.9 Å². The van der Waals surface area contributed by atoms with Gasteiger partial charge >= 0.3 is 0 Å². The summed E-state index contributed by atoms with van der Waals surface area (Å²) < 4.78 is 35.7. The van der Waals surface area contributed by atoms with Crippen LogP contribution in [0, 0.1) is 5.82 Å². The number of ketones is 1. The predicted molar refractivity (Wildman–Crippen MR) is 137 cm³/mol. The minimum Gasteiger partial charge on any atom is -0.494 e. The number of halogens is 2. The smallest absolute Gasteiger partial charge is 0.203 e. The topological polar surface area (TPSA) is 66.0 Å². The maximum Gasteiger partial charge on any atom is 0.203 e. The van der Waals surface area contributed by atoms with Crippen molar-refractivity contribution in [1.29, 1.82) is 0 Å². The van der Waals surface area contributed by atoms with Gasteiger partial charge in [-0.15, -0.1) is 0 Å². The van der Waals surface area contributed by atoms with Crippen molar-refractivity contribution in [2.24, 2.45) is 0 Å². The van der Waals surface area contributed by atoms with E-state index in [1.54, 1.807) is 48.6 Å². The summed E-state index contributed by atoms with van der Waals surface area (Å²) in [7, 11) is 5.97. The van der Waals surface area contributed by atoms with Gasteiger partial charge in [0, 0.05) is 40.2 Å². The molecule has 0 heterocycles. The molecule has 0 spiro atoms. The summed E-state index contributed by atoms with van der Waals surface area (Å²) in [5, 5.41) is 3.50. The fraction of sp³-hybridized carbons (Fsp3) is 0.148. The Morgan fingerprint density at radius 3 is 2.17 bits per heavy atom. The van der Waals surface area contributed by atoms with Crippen LogP contribution in [0.2, 0.25) is 5.02 Å². The molecule has 3 aromatic rings. The van der Waals surface area contributed by atoms with Crippen LogP contribution in [0.1, 0.15) is 21.5 Å². The summed E-state index contributed by atoms with van der Waals surface area (Å²) in [4.78, 5) is 12.4. The van der Waals surface area contributed by atoms with E-state index in [1.807, 2.05) is 0 Å². The zero-order valence-corrected chi connectivity index (χ0v) is 20.5. The molecule has 0 aliphatic heterocycles. The molecule has 0 fully saturated rings. The lowest BCUT2D eigenvalue weighted by Gasteiger charge is -2.13. The Bertz CT molecular complexity index is 1250. The number of ether oxygens (including phenoxy) is 4. The first-order valence-electron chi connectivity index (χ1n) is 10.5. The lowest BCUT2D eigenvalue weighted by molar-refractivity contribution is 0.104. The molecule has 1 N–H and O–H groups in total. The Labute approximate surface area is 208 Å². The second kappa shape index (κ2) is 11.9. The molecule has 0 atom stereocenters. The van der Waals surface area contributed by atoms with Crippen LogP contribution in [0.15, 0.2) is 60.8 Å². The van der Waals surface area contributed by atoms with Crippen LogP contribution < -0.4 is 24.3 Å². The van der Waals surface area contributed by atoms with E-state index in [9.17, 15) is 9.18 Å². The summed E-state index contributed by atoms with van der Waals surface area (Å²) in [6.45, 7) is 0. The third-order valence-electron chi connectivity index (χ3n) is 5.05. The number of methoxy groups -OCH3 is 4. The number of nitrogens with one attached hydrogen (secondary N) is 1. The first-order valence-corrected chi connectivity index (χ1v) is 10.9. The van der Waals surface area contributed by atoms with E-state index in [0.717, 1.165) is 5.56 Å². The van der Waals surface area contributed by atoms with Gasteiger partial charge in [-0.25, -0.2) is 4.39 Å². The summed E-state index contributed by atoms with van der Waals surface area (Å²) >= 11 is 5.96. The summed E-state index contributed by atoms with van der Waals surface area (Å²) in [5.41, 5.74) is 2.25. The van der Waals surface area contributed by atoms with Gasteiger partial charge in [0.1, 0.15) is 0 Å².